The van der Waals surface area contributed by atoms with Gasteiger partial charge < -0.3 is 19.1 Å². The van der Waals surface area contributed by atoms with Crippen molar-refractivity contribution in [1.29, 1.82) is 0 Å². The van der Waals surface area contributed by atoms with E-state index in [1.54, 1.807) is 50.1 Å². The smallest absolute Gasteiger partial charge is 0.338 e. The van der Waals surface area contributed by atoms with Crippen molar-refractivity contribution in [2.24, 2.45) is 0 Å². The Bertz CT molecular complexity index is 1010. The van der Waals surface area contributed by atoms with Crippen molar-refractivity contribution in [3.63, 3.8) is 0 Å². The van der Waals surface area contributed by atoms with Crippen LogP contribution in [-0.2, 0) is 19.1 Å². The number of hydrogen-bond donors (Lipinski definition) is 0. The van der Waals surface area contributed by atoms with E-state index in [0.29, 0.717) is 35.6 Å². The molecule has 7 heteroatoms. The number of carbonyl (C=O) groups excluding carboxylic acids is 3. The van der Waals surface area contributed by atoms with Crippen LogP contribution in [0, 0.1) is 0 Å². The lowest BCUT2D eigenvalue weighted by molar-refractivity contribution is -0.139. The van der Waals surface area contributed by atoms with Crippen molar-refractivity contribution in [2.75, 3.05) is 33.4 Å². The molecule has 2 aromatic rings. The summed E-state index contributed by atoms with van der Waals surface area (Å²) in [6, 6.07) is 14.2. The SMILES string of the molecule is C=C(C)C(=O)OCCN(CCOC)C(=O)c1ccc(-c2ccc(OC(=O)C(=C)C)cc2)cc1. The molecule has 0 aliphatic heterocycles. The van der Waals surface area contributed by atoms with E-state index in [4.69, 9.17) is 14.2 Å². The maximum atomic E-state index is 13.0. The van der Waals surface area contributed by atoms with Gasteiger partial charge in [0.1, 0.15) is 12.4 Å². The Morgan fingerprint density at radius 2 is 1.30 bits per heavy atom. The Balaban J connectivity index is 2.06. The number of esters is 2. The molecule has 0 N–H and O–H groups in total. The Hall–Kier alpha value is -3.71. The van der Waals surface area contributed by atoms with Crippen molar-refractivity contribution < 1.29 is 28.6 Å². The molecule has 2 rings (SSSR count). The second-order valence-electron chi connectivity index (χ2n) is 7.47. The molecule has 7 nitrogen and oxygen atoms in total. The number of amides is 1. The van der Waals surface area contributed by atoms with Gasteiger partial charge in [-0.1, -0.05) is 37.4 Å². The van der Waals surface area contributed by atoms with Gasteiger partial charge in [-0.25, -0.2) is 9.59 Å². The average molecular weight is 452 g/mol. The Morgan fingerprint density at radius 1 is 0.788 bits per heavy atom. The predicted octanol–water partition coefficient (Wildman–Crippen LogP) is 4.04. The minimum absolute atomic E-state index is 0.0710. The number of hydrogen-bond acceptors (Lipinski definition) is 6. The quantitative estimate of drug-likeness (QED) is 0.291. The van der Waals surface area contributed by atoms with Gasteiger partial charge in [0.15, 0.2) is 0 Å². The summed E-state index contributed by atoms with van der Waals surface area (Å²) in [5.41, 5.74) is 2.96. The van der Waals surface area contributed by atoms with Gasteiger partial charge >= 0.3 is 11.9 Å². The molecule has 0 aliphatic carbocycles. The van der Waals surface area contributed by atoms with Crippen LogP contribution in [0.4, 0.5) is 0 Å². The molecule has 0 heterocycles. The van der Waals surface area contributed by atoms with E-state index < -0.39 is 11.9 Å². The molecular formula is C26H29NO6. The highest BCUT2D eigenvalue weighted by molar-refractivity contribution is 5.95. The van der Waals surface area contributed by atoms with E-state index in [2.05, 4.69) is 13.2 Å². The maximum absolute atomic E-state index is 13.0. The zero-order valence-electron chi connectivity index (χ0n) is 19.3. The number of benzene rings is 2. The summed E-state index contributed by atoms with van der Waals surface area (Å²) in [7, 11) is 1.56. The lowest BCUT2D eigenvalue weighted by Gasteiger charge is -2.22. The maximum Gasteiger partial charge on any atom is 0.338 e. The number of nitrogens with zero attached hydrogens (tertiary/aromatic N) is 1. The molecule has 0 unspecified atom stereocenters. The van der Waals surface area contributed by atoms with Crippen molar-refractivity contribution in [3.8, 4) is 16.9 Å². The zero-order chi connectivity index (χ0) is 24.4. The van der Waals surface area contributed by atoms with Crippen LogP contribution in [0.5, 0.6) is 5.75 Å². The van der Waals surface area contributed by atoms with Crippen molar-refractivity contribution >= 4 is 17.8 Å². The lowest BCUT2D eigenvalue weighted by Crippen LogP contribution is -2.37. The Labute approximate surface area is 194 Å². The van der Waals surface area contributed by atoms with Crippen LogP contribution < -0.4 is 4.74 Å². The number of methoxy groups -OCH3 is 1. The summed E-state index contributed by atoms with van der Waals surface area (Å²) in [5, 5.41) is 0. The van der Waals surface area contributed by atoms with E-state index in [0.717, 1.165) is 11.1 Å². The molecule has 0 aliphatic rings. The van der Waals surface area contributed by atoms with Crippen LogP contribution >= 0.6 is 0 Å². The minimum Gasteiger partial charge on any atom is -0.460 e. The van der Waals surface area contributed by atoms with Gasteiger partial charge in [0.05, 0.1) is 13.2 Å². The van der Waals surface area contributed by atoms with Crippen LogP contribution in [-0.4, -0.2) is 56.2 Å². The Kier molecular flexibility index (Phi) is 9.57. The van der Waals surface area contributed by atoms with Gasteiger partial charge in [-0.05, 0) is 49.2 Å². The van der Waals surface area contributed by atoms with Gasteiger partial charge in [0.25, 0.3) is 5.91 Å². The molecule has 0 aromatic heterocycles. The van der Waals surface area contributed by atoms with Crippen molar-refractivity contribution in [3.05, 3.63) is 78.4 Å². The molecule has 2 aromatic carbocycles. The van der Waals surface area contributed by atoms with Gasteiger partial charge in [0.2, 0.25) is 0 Å². The first-order chi connectivity index (χ1) is 15.7. The second-order valence-corrected chi connectivity index (χ2v) is 7.47. The third kappa shape index (κ3) is 7.73. The summed E-state index contributed by atoms with van der Waals surface area (Å²) >= 11 is 0. The highest BCUT2D eigenvalue weighted by atomic mass is 16.5. The second kappa shape index (κ2) is 12.4. The summed E-state index contributed by atoms with van der Waals surface area (Å²) in [5.74, 6) is -0.719. The zero-order valence-corrected chi connectivity index (χ0v) is 19.3. The molecule has 0 bridgehead atoms. The molecule has 0 fully saturated rings. The molecule has 0 saturated heterocycles. The number of carbonyl (C=O) groups is 3. The summed E-state index contributed by atoms with van der Waals surface area (Å²) in [4.78, 5) is 37.7. The predicted molar refractivity (Wildman–Crippen MR) is 126 cm³/mol. The largest absolute Gasteiger partial charge is 0.460 e. The van der Waals surface area contributed by atoms with Crippen molar-refractivity contribution in [2.45, 2.75) is 13.8 Å². The molecule has 174 valence electrons. The number of rotatable bonds is 11. The van der Waals surface area contributed by atoms with Gasteiger partial charge in [0, 0.05) is 30.4 Å². The van der Waals surface area contributed by atoms with Crippen LogP contribution in [0.25, 0.3) is 11.1 Å². The lowest BCUT2D eigenvalue weighted by atomic mass is 10.0. The van der Waals surface area contributed by atoms with Crippen LogP contribution in [0.3, 0.4) is 0 Å². The first-order valence-electron chi connectivity index (χ1n) is 10.4. The first-order valence-corrected chi connectivity index (χ1v) is 10.4. The number of ether oxygens (including phenoxy) is 3. The highest BCUT2D eigenvalue weighted by Gasteiger charge is 2.17. The average Bonchev–Trinajstić information content (AvgIpc) is 2.81. The van der Waals surface area contributed by atoms with Crippen LogP contribution in [0.1, 0.15) is 24.2 Å². The monoisotopic (exact) mass is 451 g/mol. The molecule has 1 amide bonds. The van der Waals surface area contributed by atoms with E-state index in [1.807, 2.05) is 24.3 Å². The van der Waals surface area contributed by atoms with Crippen LogP contribution in [0.2, 0.25) is 0 Å². The van der Waals surface area contributed by atoms with Gasteiger partial charge in [-0.15, -0.1) is 0 Å². The fraction of sp³-hybridized carbons (Fsp3) is 0.269. The normalized spacial score (nSPS) is 10.3. The van der Waals surface area contributed by atoms with Crippen LogP contribution in [0.15, 0.2) is 72.8 Å². The highest BCUT2D eigenvalue weighted by Crippen LogP contribution is 2.23. The molecule has 0 spiro atoms. The van der Waals surface area contributed by atoms with E-state index in [1.165, 1.54) is 0 Å². The molecule has 0 radical (unpaired) electrons. The fourth-order valence-electron chi connectivity index (χ4n) is 2.79. The van der Waals surface area contributed by atoms with Crippen molar-refractivity contribution in [1.82, 2.24) is 4.90 Å². The molecule has 0 saturated carbocycles. The molecule has 0 atom stereocenters. The van der Waals surface area contributed by atoms with E-state index in [9.17, 15) is 14.4 Å². The third-order valence-corrected chi connectivity index (χ3v) is 4.67. The fourth-order valence-corrected chi connectivity index (χ4v) is 2.79. The van der Waals surface area contributed by atoms with E-state index in [-0.39, 0.29) is 19.1 Å². The Morgan fingerprint density at radius 3 is 1.82 bits per heavy atom. The summed E-state index contributed by atoms with van der Waals surface area (Å²) in [6.45, 7) is 11.3. The third-order valence-electron chi connectivity index (χ3n) is 4.67. The molecule has 33 heavy (non-hydrogen) atoms. The first kappa shape index (κ1) is 25.5. The van der Waals surface area contributed by atoms with Gasteiger partial charge in [-0.2, -0.15) is 0 Å². The van der Waals surface area contributed by atoms with E-state index >= 15 is 0 Å². The topological polar surface area (TPSA) is 82.1 Å². The standard InChI is InChI=1S/C26H29NO6/c1-18(2)25(29)32-17-15-27(14-16-31-5)24(28)22-8-6-20(7-9-22)21-10-12-23(13-11-21)33-26(30)19(3)4/h6-13H,1,3,14-17H2,2,4-5H3. The summed E-state index contributed by atoms with van der Waals surface area (Å²) < 4.78 is 15.4. The molecular weight excluding hydrogens is 422 g/mol. The van der Waals surface area contributed by atoms with Gasteiger partial charge in [-0.3, -0.25) is 4.79 Å². The minimum atomic E-state index is -0.487. The summed E-state index contributed by atoms with van der Waals surface area (Å²) in [6.07, 6.45) is 0.